The van der Waals surface area contributed by atoms with E-state index in [4.69, 9.17) is 31.0 Å². The number of likely N-dealkylation sites (tertiary alicyclic amines) is 1. The number of hydrogen-bond donors (Lipinski definition) is 2. The quantitative estimate of drug-likeness (QED) is 0.482. The number of aromatic nitrogens is 2. The van der Waals surface area contributed by atoms with Crippen molar-refractivity contribution < 1.29 is 19.4 Å². The summed E-state index contributed by atoms with van der Waals surface area (Å²) in [6.07, 6.45) is 4.97. The Kier molecular flexibility index (Phi) is 9.18. The Labute approximate surface area is 247 Å². The molecular formula is C31H42ClN5O4. The Morgan fingerprint density at radius 3 is 2.59 bits per heavy atom. The third-order valence-corrected chi connectivity index (χ3v) is 8.82. The van der Waals surface area contributed by atoms with Crippen molar-refractivity contribution in [3.8, 4) is 5.75 Å². The maximum Gasteiger partial charge on any atom is 0.253 e. The number of aliphatic hydroxyl groups excluding tert-OH is 1. The number of carbonyl (C=O) groups excluding carboxylic acids is 1. The molecule has 10 heteroatoms. The van der Waals surface area contributed by atoms with Crippen molar-refractivity contribution in [1.29, 1.82) is 0 Å². The molecule has 1 atom stereocenters. The third-order valence-electron chi connectivity index (χ3n) is 8.48. The van der Waals surface area contributed by atoms with E-state index in [2.05, 4.69) is 31.0 Å². The third kappa shape index (κ3) is 6.69. The van der Waals surface area contributed by atoms with E-state index < -0.39 is 0 Å². The van der Waals surface area contributed by atoms with Gasteiger partial charge in [-0.3, -0.25) is 9.69 Å². The highest BCUT2D eigenvalue weighted by Gasteiger charge is 2.30. The van der Waals surface area contributed by atoms with Crippen molar-refractivity contribution in [2.75, 3.05) is 58.4 Å². The van der Waals surface area contributed by atoms with Gasteiger partial charge in [-0.25, -0.2) is 9.97 Å². The number of nitrogens with one attached hydrogen (secondary N) is 1. The highest BCUT2D eigenvalue weighted by atomic mass is 35.5. The van der Waals surface area contributed by atoms with Crippen LogP contribution in [0.5, 0.6) is 5.75 Å². The highest BCUT2D eigenvalue weighted by molar-refractivity contribution is 6.49. The van der Waals surface area contributed by atoms with Gasteiger partial charge in [0.25, 0.3) is 5.91 Å². The molecule has 41 heavy (non-hydrogen) atoms. The highest BCUT2D eigenvalue weighted by Crippen LogP contribution is 2.36. The zero-order valence-electron chi connectivity index (χ0n) is 24.6. The maximum atomic E-state index is 13.4. The monoisotopic (exact) mass is 583 g/mol. The number of benzene rings is 1. The van der Waals surface area contributed by atoms with Gasteiger partial charge in [0.15, 0.2) is 0 Å². The normalized spacial score (nSPS) is 19.1. The molecule has 2 N–H and O–H groups in total. The van der Waals surface area contributed by atoms with Crippen molar-refractivity contribution >= 4 is 28.4 Å². The molecule has 0 radical (unpaired) electrons. The lowest BCUT2D eigenvalue weighted by atomic mass is 9.87. The maximum absolute atomic E-state index is 13.4. The van der Waals surface area contributed by atoms with Gasteiger partial charge in [-0.1, -0.05) is 44.5 Å². The van der Waals surface area contributed by atoms with E-state index >= 15 is 0 Å². The topological polar surface area (TPSA) is 100 Å². The first-order valence-corrected chi connectivity index (χ1v) is 15.0. The van der Waals surface area contributed by atoms with Gasteiger partial charge in [-0.15, -0.1) is 0 Å². The summed E-state index contributed by atoms with van der Waals surface area (Å²) in [4.78, 5) is 27.5. The van der Waals surface area contributed by atoms with Gasteiger partial charge in [0.1, 0.15) is 17.4 Å². The molecule has 5 rings (SSSR count). The summed E-state index contributed by atoms with van der Waals surface area (Å²) in [5.74, 6) is 1.92. The van der Waals surface area contributed by atoms with Crippen LogP contribution in [0.25, 0.3) is 5.03 Å². The number of morpholine rings is 1. The van der Waals surface area contributed by atoms with Gasteiger partial charge < -0.3 is 24.8 Å². The molecule has 2 saturated heterocycles. The first-order valence-electron chi connectivity index (χ1n) is 14.6. The van der Waals surface area contributed by atoms with Gasteiger partial charge in [0.05, 0.1) is 44.2 Å². The SMILES string of the molecule is COc1cc(C(=O)N2CCC(N3CCOCC3)CC2)ccc1Cc1nc2c(c(N[C@@H](CO)C(C)(C)C)n1)C(Cl)=CC2. The molecule has 1 aromatic heterocycles. The van der Waals surface area contributed by atoms with Crippen LogP contribution in [0, 0.1) is 5.41 Å². The lowest BCUT2D eigenvalue weighted by molar-refractivity contribution is 0.00158. The van der Waals surface area contributed by atoms with Crippen molar-refractivity contribution in [3.63, 3.8) is 0 Å². The van der Waals surface area contributed by atoms with E-state index in [-0.39, 0.29) is 24.0 Å². The summed E-state index contributed by atoms with van der Waals surface area (Å²) in [7, 11) is 1.62. The molecule has 1 aromatic carbocycles. The summed E-state index contributed by atoms with van der Waals surface area (Å²) in [5.41, 5.74) is 2.99. The molecule has 1 amide bonds. The smallest absolute Gasteiger partial charge is 0.253 e. The van der Waals surface area contributed by atoms with E-state index in [0.717, 1.165) is 69.1 Å². The summed E-state index contributed by atoms with van der Waals surface area (Å²) in [6.45, 7) is 11.2. The van der Waals surface area contributed by atoms with Crippen LogP contribution in [0.3, 0.4) is 0 Å². The molecular weight excluding hydrogens is 542 g/mol. The number of allylic oxidation sites excluding steroid dienone is 1. The summed E-state index contributed by atoms with van der Waals surface area (Å²) < 4.78 is 11.2. The zero-order valence-corrected chi connectivity index (χ0v) is 25.3. The average Bonchev–Trinajstić information content (AvgIpc) is 3.36. The fourth-order valence-electron chi connectivity index (χ4n) is 5.88. The fraction of sp³-hybridized carbons (Fsp3) is 0.581. The zero-order chi connectivity index (χ0) is 29.1. The number of methoxy groups -OCH3 is 1. The van der Waals surface area contributed by atoms with Crippen molar-refractivity contribution in [2.45, 2.75) is 58.5 Å². The second-order valence-corrected chi connectivity index (χ2v) is 12.6. The van der Waals surface area contributed by atoms with Gasteiger partial charge in [-0.05, 0) is 30.4 Å². The minimum atomic E-state index is -0.210. The second-order valence-electron chi connectivity index (χ2n) is 12.2. The molecule has 0 saturated carbocycles. The molecule has 222 valence electrons. The number of amides is 1. The predicted molar refractivity (Wildman–Crippen MR) is 161 cm³/mol. The molecule has 0 spiro atoms. The Morgan fingerprint density at radius 2 is 1.93 bits per heavy atom. The minimum Gasteiger partial charge on any atom is -0.496 e. The van der Waals surface area contributed by atoms with Gasteiger partial charge in [0, 0.05) is 61.2 Å². The van der Waals surface area contributed by atoms with Crippen molar-refractivity contribution in [3.05, 3.63) is 52.5 Å². The molecule has 1 aliphatic carbocycles. The number of nitrogens with zero attached hydrogens (tertiary/aromatic N) is 4. The largest absolute Gasteiger partial charge is 0.496 e. The standard InChI is InChI=1S/C31H42ClN5O4/c1-31(2,3)26(19-38)34-29-28-23(32)7-8-24(28)33-27(35-29)18-20-5-6-21(17-25(20)40-4)30(39)37-11-9-22(10-12-37)36-13-15-41-16-14-36/h5-7,17,22,26,38H,8-16,18-19H2,1-4H3,(H,33,34,35)/t26-/m0/s1. The molecule has 2 aromatic rings. The Bertz CT molecular complexity index is 1280. The first-order chi connectivity index (χ1) is 19.7. The number of anilines is 1. The molecule has 0 unspecified atom stereocenters. The van der Waals surface area contributed by atoms with E-state index in [1.165, 1.54) is 0 Å². The lowest BCUT2D eigenvalue weighted by Gasteiger charge is -2.40. The molecule has 2 aliphatic heterocycles. The lowest BCUT2D eigenvalue weighted by Crippen LogP contribution is -2.50. The number of carbonyl (C=O) groups is 1. The van der Waals surface area contributed by atoms with Crippen LogP contribution < -0.4 is 10.1 Å². The molecule has 0 bridgehead atoms. The van der Waals surface area contributed by atoms with Crippen LogP contribution in [0.2, 0.25) is 0 Å². The second kappa shape index (κ2) is 12.7. The van der Waals surface area contributed by atoms with Crippen LogP contribution in [0.15, 0.2) is 24.3 Å². The number of rotatable bonds is 8. The van der Waals surface area contributed by atoms with Crippen LogP contribution >= 0.6 is 11.6 Å². The van der Waals surface area contributed by atoms with Gasteiger partial charge in [-0.2, -0.15) is 0 Å². The first kappa shape index (κ1) is 29.8. The Balaban J connectivity index is 1.31. The van der Waals surface area contributed by atoms with E-state index in [1.54, 1.807) is 7.11 Å². The van der Waals surface area contributed by atoms with Crippen LogP contribution in [-0.4, -0.2) is 96.0 Å². The summed E-state index contributed by atoms with van der Waals surface area (Å²) >= 11 is 6.52. The summed E-state index contributed by atoms with van der Waals surface area (Å²) in [5, 5.41) is 14.1. The molecule has 3 aliphatic rings. The van der Waals surface area contributed by atoms with Gasteiger partial charge >= 0.3 is 0 Å². The predicted octanol–water partition coefficient (Wildman–Crippen LogP) is 3.97. The fourth-order valence-corrected chi connectivity index (χ4v) is 6.16. The van der Waals surface area contributed by atoms with Crippen LogP contribution in [0.1, 0.15) is 66.6 Å². The van der Waals surface area contributed by atoms with Crippen LogP contribution in [0.4, 0.5) is 5.82 Å². The van der Waals surface area contributed by atoms with E-state index in [9.17, 15) is 9.90 Å². The molecule has 9 nitrogen and oxygen atoms in total. The number of piperidine rings is 1. The van der Waals surface area contributed by atoms with Crippen molar-refractivity contribution in [1.82, 2.24) is 19.8 Å². The number of fused-ring (bicyclic) bond motifs is 1. The van der Waals surface area contributed by atoms with Gasteiger partial charge in [0.2, 0.25) is 0 Å². The Morgan fingerprint density at radius 1 is 1.20 bits per heavy atom. The number of ether oxygens (including phenoxy) is 2. The van der Waals surface area contributed by atoms with E-state index in [0.29, 0.717) is 46.9 Å². The molecule has 2 fully saturated rings. The van der Waals surface area contributed by atoms with Crippen LogP contribution in [-0.2, 0) is 17.6 Å². The summed E-state index contributed by atoms with van der Waals surface area (Å²) in [6, 6.07) is 5.96. The van der Waals surface area contributed by atoms with Crippen molar-refractivity contribution in [2.24, 2.45) is 5.41 Å². The van der Waals surface area contributed by atoms with E-state index in [1.807, 2.05) is 29.2 Å². The number of aliphatic hydroxyl groups is 1. The number of hydrogen-bond acceptors (Lipinski definition) is 8. The molecule has 3 heterocycles. The number of halogens is 1. The Hall–Kier alpha value is -2.72. The minimum absolute atomic E-state index is 0.0346. The average molecular weight is 584 g/mol.